The molecule has 0 heterocycles. The number of aliphatic hydroxyl groups is 1. The molecular formula is C12H23NO3. The van der Waals surface area contributed by atoms with Crippen LogP contribution in [0.4, 0.5) is 0 Å². The molecule has 4 nitrogen and oxygen atoms in total. The van der Waals surface area contributed by atoms with E-state index in [1.165, 1.54) is 0 Å². The van der Waals surface area contributed by atoms with Crippen molar-refractivity contribution in [2.45, 2.75) is 39.7 Å². The molecule has 0 aromatic carbocycles. The molecular weight excluding hydrogens is 206 g/mol. The zero-order valence-electron chi connectivity index (χ0n) is 10.6. The van der Waals surface area contributed by atoms with Crippen LogP contribution in [0.2, 0.25) is 0 Å². The van der Waals surface area contributed by atoms with Gasteiger partial charge in [-0.1, -0.05) is 19.9 Å². The Balaban J connectivity index is 3.90. The standard InChI is InChI=1S/C12H23NO3/c1-9(2)7-12(4,16)8-13-6-5-10(3)11(14)15/h5,9,13,16H,6-8H2,1-4H3,(H,14,15)/b10-5-. The normalized spacial score (nSPS) is 16.2. The molecule has 4 heteroatoms. The predicted molar refractivity (Wildman–Crippen MR) is 64.3 cm³/mol. The number of rotatable bonds is 7. The molecule has 94 valence electrons. The SMILES string of the molecule is C/C(=C/CNCC(C)(O)CC(C)C)C(=O)O. The Kier molecular flexibility index (Phi) is 6.29. The molecule has 0 saturated heterocycles. The highest BCUT2D eigenvalue weighted by Crippen LogP contribution is 2.14. The molecule has 0 fully saturated rings. The predicted octanol–water partition coefficient (Wildman–Crippen LogP) is 1.40. The molecule has 1 atom stereocenters. The van der Waals surface area contributed by atoms with E-state index in [0.717, 1.165) is 6.42 Å². The maximum Gasteiger partial charge on any atom is 0.330 e. The van der Waals surface area contributed by atoms with Gasteiger partial charge in [0.2, 0.25) is 0 Å². The monoisotopic (exact) mass is 229 g/mol. The molecule has 0 aromatic heterocycles. The molecule has 0 aliphatic heterocycles. The Morgan fingerprint density at radius 1 is 1.50 bits per heavy atom. The molecule has 0 radical (unpaired) electrons. The Morgan fingerprint density at radius 3 is 2.50 bits per heavy atom. The van der Waals surface area contributed by atoms with E-state index in [-0.39, 0.29) is 0 Å². The minimum absolute atomic E-state index is 0.316. The fraction of sp³-hybridized carbons (Fsp3) is 0.750. The Morgan fingerprint density at radius 2 is 2.06 bits per heavy atom. The van der Waals surface area contributed by atoms with Crippen molar-refractivity contribution in [3.8, 4) is 0 Å². The van der Waals surface area contributed by atoms with Crippen molar-refractivity contribution >= 4 is 5.97 Å². The van der Waals surface area contributed by atoms with E-state index >= 15 is 0 Å². The summed E-state index contributed by atoms with van der Waals surface area (Å²) in [7, 11) is 0. The van der Waals surface area contributed by atoms with Crippen molar-refractivity contribution in [3.05, 3.63) is 11.6 Å². The lowest BCUT2D eigenvalue weighted by Gasteiger charge is -2.25. The summed E-state index contributed by atoms with van der Waals surface area (Å²) in [4.78, 5) is 10.5. The van der Waals surface area contributed by atoms with Crippen molar-refractivity contribution in [1.82, 2.24) is 5.32 Å². The summed E-state index contributed by atoms with van der Waals surface area (Å²) in [6.45, 7) is 8.39. The topological polar surface area (TPSA) is 69.6 Å². The van der Waals surface area contributed by atoms with E-state index in [0.29, 0.717) is 24.6 Å². The highest BCUT2D eigenvalue weighted by Gasteiger charge is 2.20. The van der Waals surface area contributed by atoms with Crippen molar-refractivity contribution in [2.75, 3.05) is 13.1 Å². The number of carbonyl (C=O) groups is 1. The lowest BCUT2D eigenvalue weighted by Crippen LogP contribution is -2.39. The quantitative estimate of drug-likeness (QED) is 0.456. The average molecular weight is 229 g/mol. The molecule has 0 amide bonds. The second-order valence-corrected chi connectivity index (χ2v) is 4.92. The molecule has 0 spiro atoms. The van der Waals surface area contributed by atoms with Crippen molar-refractivity contribution < 1.29 is 15.0 Å². The number of carboxylic acids is 1. The van der Waals surface area contributed by atoms with Gasteiger partial charge in [-0.05, 0) is 26.2 Å². The van der Waals surface area contributed by atoms with Gasteiger partial charge in [-0.2, -0.15) is 0 Å². The highest BCUT2D eigenvalue weighted by atomic mass is 16.4. The molecule has 0 aromatic rings. The summed E-state index contributed by atoms with van der Waals surface area (Å²) in [5.41, 5.74) is -0.421. The van der Waals surface area contributed by atoms with Crippen molar-refractivity contribution in [3.63, 3.8) is 0 Å². The van der Waals surface area contributed by atoms with E-state index in [1.54, 1.807) is 19.9 Å². The van der Waals surface area contributed by atoms with Gasteiger partial charge in [0.15, 0.2) is 0 Å². The number of nitrogens with one attached hydrogen (secondary N) is 1. The van der Waals surface area contributed by atoms with Gasteiger partial charge in [0.25, 0.3) is 0 Å². The second kappa shape index (κ2) is 6.66. The van der Waals surface area contributed by atoms with Gasteiger partial charge < -0.3 is 15.5 Å². The molecule has 0 aliphatic rings. The summed E-state index contributed by atoms with van der Waals surface area (Å²) in [6.07, 6.45) is 2.33. The third-order valence-corrected chi connectivity index (χ3v) is 2.24. The first-order valence-corrected chi connectivity index (χ1v) is 5.58. The minimum Gasteiger partial charge on any atom is -0.478 e. The van der Waals surface area contributed by atoms with E-state index in [9.17, 15) is 9.90 Å². The third-order valence-electron chi connectivity index (χ3n) is 2.24. The molecule has 3 N–H and O–H groups in total. The van der Waals surface area contributed by atoms with Crippen LogP contribution in [0.1, 0.15) is 34.1 Å². The van der Waals surface area contributed by atoms with Crippen LogP contribution >= 0.6 is 0 Å². The van der Waals surface area contributed by atoms with E-state index in [4.69, 9.17) is 5.11 Å². The fourth-order valence-electron chi connectivity index (χ4n) is 1.61. The van der Waals surface area contributed by atoms with Crippen LogP contribution in [0.5, 0.6) is 0 Å². The summed E-state index contributed by atoms with van der Waals surface area (Å²) >= 11 is 0. The summed E-state index contributed by atoms with van der Waals surface area (Å²) < 4.78 is 0. The van der Waals surface area contributed by atoms with Gasteiger partial charge in [0.1, 0.15) is 0 Å². The molecule has 1 unspecified atom stereocenters. The first-order chi connectivity index (χ1) is 7.24. The van der Waals surface area contributed by atoms with Crippen LogP contribution in [0, 0.1) is 5.92 Å². The van der Waals surface area contributed by atoms with Crippen LogP contribution in [0.25, 0.3) is 0 Å². The van der Waals surface area contributed by atoms with Crippen molar-refractivity contribution in [2.24, 2.45) is 5.92 Å². The first-order valence-electron chi connectivity index (χ1n) is 5.58. The largest absolute Gasteiger partial charge is 0.478 e. The molecule has 16 heavy (non-hydrogen) atoms. The Labute approximate surface area is 97.4 Å². The molecule has 0 aliphatic carbocycles. The second-order valence-electron chi connectivity index (χ2n) is 4.92. The van der Waals surface area contributed by atoms with Crippen molar-refractivity contribution in [1.29, 1.82) is 0 Å². The maximum atomic E-state index is 10.5. The summed E-state index contributed by atoms with van der Waals surface area (Å²) in [5.74, 6) is -0.469. The highest BCUT2D eigenvalue weighted by molar-refractivity contribution is 5.85. The van der Waals surface area contributed by atoms with E-state index in [1.807, 2.05) is 0 Å². The van der Waals surface area contributed by atoms with Crippen LogP contribution in [0.15, 0.2) is 11.6 Å². The zero-order valence-corrected chi connectivity index (χ0v) is 10.6. The van der Waals surface area contributed by atoms with Gasteiger partial charge in [-0.3, -0.25) is 0 Å². The smallest absolute Gasteiger partial charge is 0.330 e. The maximum absolute atomic E-state index is 10.5. The fourth-order valence-corrected chi connectivity index (χ4v) is 1.61. The average Bonchev–Trinajstić information content (AvgIpc) is 2.09. The van der Waals surface area contributed by atoms with Gasteiger partial charge in [-0.25, -0.2) is 4.79 Å². The molecule has 0 bridgehead atoms. The number of aliphatic carboxylic acids is 1. The molecule has 0 saturated carbocycles. The lowest BCUT2D eigenvalue weighted by atomic mass is 9.94. The number of hydrogen-bond donors (Lipinski definition) is 3. The van der Waals surface area contributed by atoms with Gasteiger partial charge in [-0.15, -0.1) is 0 Å². The third kappa shape index (κ3) is 7.43. The van der Waals surface area contributed by atoms with E-state index in [2.05, 4.69) is 19.2 Å². The number of carboxylic acid groups (broad SMARTS) is 1. The molecule has 0 rings (SSSR count). The first kappa shape index (κ1) is 15.1. The summed E-state index contributed by atoms with van der Waals surface area (Å²) in [5, 5.41) is 21.6. The van der Waals surface area contributed by atoms with Crippen LogP contribution in [0.3, 0.4) is 0 Å². The minimum atomic E-state index is -0.907. The zero-order chi connectivity index (χ0) is 12.8. The number of hydrogen-bond acceptors (Lipinski definition) is 3. The van der Waals surface area contributed by atoms with Gasteiger partial charge in [0.05, 0.1) is 5.60 Å². The Hall–Kier alpha value is -0.870. The summed E-state index contributed by atoms with van der Waals surface area (Å²) in [6, 6.07) is 0. The van der Waals surface area contributed by atoms with Crippen LogP contribution in [-0.2, 0) is 4.79 Å². The van der Waals surface area contributed by atoms with Crippen LogP contribution in [-0.4, -0.2) is 34.9 Å². The van der Waals surface area contributed by atoms with E-state index < -0.39 is 11.6 Å². The van der Waals surface area contributed by atoms with Gasteiger partial charge in [0, 0.05) is 18.7 Å². The Bertz CT molecular complexity index is 257. The van der Waals surface area contributed by atoms with Gasteiger partial charge >= 0.3 is 5.97 Å². The van der Waals surface area contributed by atoms with Crippen LogP contribution < -0.4 is 5.32 Å². The lowest BCUT2D eigenvalue weighted by molar-refractivity contribution is -0.132.